The van der Waals surface area contributed by atoms with Gasteiger partial charge in [0.1, 0.15) is 5.75 Å². The van der Waals surface area contributed by atoms with Crippen LogP contribution >= 0.6 is 0 Å². The van der Waals surface area contributed by atoms with Crippen LogP contribution in [0.3, 0.4) is 0 Å². The summed E-state index contributed by atoms with van der Waals surface area (Å²) in [5.74, 6) is -0.138. The van der Waals surface area contributed by atoms with Crippen molar-refractivity contribution in [2.75, 3.05) is 29.2 Å². The minimum Gasteiger partial charge on any atom is -0.497 e. The third-order valence-corrected chi connectivity index (χ3v) is 4.62. The normalized spacial score (nSPS) is 16.0. The number of methoxy groups -OCH3 is 1. The lowest BCUT2D eigenvalue weighted by Gasteiger charge is -2.17. The molecule has 1 saturated heterocycles. The molecule has 3 rings (SSSR count). The fraction of sp³-hybridized carbons (Fsp3) is 0.286. The van der Waals surface area contributed by atoms with E-state index in [1.54, 1.807) is 55.3 Å². The molecule has 1 aliphatic heterocycles. The number of amides is 3. The zero-order valence-corrected chi connectivity index (χ0v) is 15.9. The summed E-state index contributed by atoms with van der Waals surface area (Å²) in [5.41, 5.74) is 2.01. The highest BCUT2D eigenvalue weighted by atomic mass is 16.5. The summed E-state index contributed by atoms with van der Waals surface area (Å²) in [6.07, 6.45) is 0.561. The van der Waals surface area contributed by atoms with Gasteiger partial charge in [0.15, 0.2) is 0 Å². The van der Waals surface area contributed by atoms with Gasteiger partial charge in [-0.25, -0.2) is 0 Å². The highest BCUT2D eigenvalue weighted by Crippen LogP contribution is 2.28. The van der Waals surface area contributed by atoms with E-state index in [0.29, 0.717) is 30.1 Å². The van der Waals surface area contributed by atoms with Gasteiger partial charge in [-0.05, 0) is 36.4 Å². The first-order chi connectivity index (χ1) is 13.5. The molecule has 1 atom stereocenters. The summed E-state index contributed by atoms with van der Waals surface area (Å²) in [6.45, 7) is 2.10. The SMILES string of the molecule is CCC(=O)Nc1ccc(NC(=O)C2CC(=O)N(c3cccc(OC)c3)C2)cc1. The minimum absolute atomic E-state index is 0.0705. The second-order valence-corrected chi connectivity index (χ2v) is 6.58. The molecule has 0 saturated carbocycles. The molecule has 0 spiro atoms. The van der Waals surface area contributed by atoms with Crippen LogP contribution in [0.5, 0.6) is 5.75 Å². The van der Waals surface area contributed by atoms with Crippen molar-refractivity contribution in [2.45, 2.75) is 19.8 Å². The Kier molecular flexibility index (Phi) is 5.93. The standard InChI is InChI=1S/C21H23N3O4/c1-3-19(25)22-15-7-9-16(10-8-15)23-21(27)14-11-20(26)24(13-14)17-5-4-6-18(12-17)28-2/h4-10,12,14H,3,11,13H2,1-2H3,(H,22,25)(H,23,27). The molecular weight excluding hydrogens is 358 g/mol. The first-order valence-electron chi connectivity index (χ1n) is 9.15. The second kappa shape index (κ2) is 8.56. The summed E-state index contributed by atoms with van der Waals surface area (Å²) >= 11 is 0. The number of hydrogen-bond acceptors (Lipinski definition) is 4. The van der Waals surface area contributed by atoms with Crippen LogP contribution in [-0.4, -0.2) is 31.4 Å². The number of rotatable bonds is 6. The summed E-state index contributed by atoms with van der Waals surface area (Å²) in [5, 5.41) is 5.59. The van der Waals surface area contributed by atoms with Crippen molar-refractivity contribution in [3.05, 3.63) is 48.5 Å². The van der Waals surface area contributed by atoms with E-state index >= 15 is 0 Å². The molecule has 0 aliphatic carbocycles. The zero-order valence-electron chi connectivity index (χ0n) is 15.9. The lowest BCUT2D eigenvalue weighted by Crippen LogP contribution is -2.28. The van der Waals surface area contributed by atoms with Crippen molar-refractivity contribution in [3.8, 4) is 5.75 Å². The Labute approximate surface area is 163 Å². The number of nitrogens with zero attached hydrogens (tertiary/aromatic N) is 1. The van der Waals surface area contributed by atoms with Crippen molar-refractivity contribution >= 4 is 34.8 Å². The molecule has 0 aromatic heterocycles. The molecule has 2 N–H and O–H groups in total. The zero-order chi connectivity index (χ0) is 20.1. The third-order valence-electron chi connectivity index (χ3n) is 4.62. The Bertz CT molecular complexity index is 879. The van der Waals surface area contributed by atoms with E-state index in [-0.39, 0.29) is 24.1 Å². The molecule has 7 heteroatoms. The molecule has 7 nitrogen and oxygen atoms in total. The van der Waals surface area contributed by atoms with Crippen molar-refractivity contribution in [3.63, 3.8) is 0 Å². The fourth-order valence-corrected chi connectivity index (χ4v) is 3.04. The number of hydrogen-bond donors (Lipinski definition) is 2. The number of carbonyl (C=O) groups is 3. The van der Waals surface area contributed by atoms with Crippen LogP contribution in [0.25, 0.3) is 0 Å². The van der Waals surface area contributed by atoms with Crippen LogP contribution in [-0.2, 0) is 14.4 Å². The first kappa shape index (κ1) is 19.4. The van der Waals surface area contributed by atoms with Gasteiger partial charge in [0.05, 0.1) is 13.0 Å². The number of ether oxygens (including phenoxy) is 1. The van der Waals surface area contributed by atoms with E-state index in [2.05, 4.69) is 10.6 Å². The molecule has 2 aromatic carbocycles. The van der Waals surface area contributed by atoms with Gasteiger partial charge in [-0.15, -0.1) is 0 Å². The van der Waals surface area contributed by atoms with E-state index < -0.39 is 5.92 Å². The largest absolute Gasteiger partial charge is 0.497 e. The van der Waals surface area contributed by atoms with E-state index in [9.17, 15) is 14.4 Å². The summed E-state index contributed by atoms with van der Waals surface area (Å²) in [4.78, 5) is 38.0. The average molecular weight is 381 g/mol. The van der Waals surface area contributed by atoms with E-state index in [1.807, 2.05) is 12.1 Å². The predicted octanol–water partition coefficient (Wildman–Crippen LogP) is 3.04. The molecule has 1 aliphatic rings. The number of nitrogens with one attached hydrogen (secondary N) is 2. The molecule has 28 heavy (non-hydrogen) atoms. The highest BCUT2D eigenvalue weighted by molar-refractivity contribution is 6.03. The number of benzene rings is 2. The van der Waals surface area contributed by atoms with Gasteiger partial charge in [0, 0.05) is 42.5 Å². The van der Waals surface area contributed by atoms with Crippen LogP contribution in [0.1, 0.15) is 19.8 Å². The molecule has 1 unspecified atom stereocenters. The van der Waals surface area contributed by atoms with Crippen LogP contribution in [0, 0.1) is 5.92 Å². The summed E-state index contributed by atoms with van der Waals surface area (Å²) < 4.78 is 5.20. The average Bonchev–Trinajstić information content (AvgIpc) is 3.11. The van der Waals surface area contributed by atoms with Crippen LogP contribution in [0.2, 0.25) is 0 Å². The molecule has 0 radical (unpaired) electrons. The third kappa shape index (κ3) is 4.49. The fourth-order valence-electron chi connectivity index (χ4n) is 3.04. The van der Waals surface area contributed by atoms with Crippen molar-refractivity contribution in [1.29, 1.82) is 0 Å². The molecule has 2 aromatic rings. The maximum absolute atomic E-state index is 12.6. The maximum atomic E-state index is 12.6. The Morgan fingerprint density at radius 1 is 1.11 bits per heavy atom. The molecule has 1 heterocycles. The van der Waals surface area contributed by atoms with E-state index in [4.69, 9.17) is 4.74 Å². The predicted molar refractivity (Wildman–Crippen MR) is 107 cm³/mol. The van der Waals surface area contributed by atoms with Gasteiger partial charge in [0.25, 0.3) is 0 Å². The summed E-state index contributed by atoms with van der Waals surface area (Å²) in [6, 6.07) is 14.1. The van der Waals surface area contributed by atoms with Crippen molar-refractivity contribution in [2.24, 2.45) is 5.92 Å². The van der Waals surface area contributed by atoms with Gasteiger partial charge in [-0.2, -0.15) is 0 Å². The quantitative estimate of drug-likeness (QED) is 0.805. The first-order valence-corrected chi connectivity index (χ1v) is 9.15. The molecule has 146 valence electrons. The Hall–Kier alpha value is -3.35. The second-order valence-electron chi connectivity index (χ2n) is 6.58. The molecule has 0 bridgehead atoms. The van der Waals surface area contributed by atoms with Gasteiger partial charge >= 0.3 is 0 Å². The number of carbonyl (C=O) groups excluding carboxylic acids is 3. The van der Waals surface area contributed by atoms with Gasteiger partial charge in [0.2, 0.25) is 17.7 Å². The van der Waals surface area contributed by atoms with Crippen LogP contribution in [0.4, 0.5) is 17.1 Å². The Morgan fingerprint density at radius 3 is 2.43 bits per heavy atom. The highest BCUT2D eigenvalue weighted by Gasteiger charge is 2.35. The van der Waals surface area contributed by atoms with Gasteiger partial charge in [-0.3, -0.25) is 14.4 Å². The Balaban J connectivity index is 1.62. The smallest absolute Gasteiger partial charge is 0.229 e. The van der Waals surface area contributed by atoms with Crippen molar-refractivity contribution in [1.82, 2.24) is 0 Å². The van der Waals surface area contributed by atoms with Crippen LogP contribution in [0.15, 0.2) is 48.5 Å². The van der Waals surface area contributed by atoms with E-state index in [0.717, 1.165) is 5.69 Å². The maximum Gasteiger partial charge on any atom is 0.229 e. The lowest BCUT2D eigenvalue weighted by molar-refractivity contribution is -0.122. The number of anilines is 3. The minimum atomic E-state index is -0.432. The van der Waals surface area contributed by atoms with Gasteiger partial charge in [-0.1, -0.05) is 13.0 Å². The van der Waals surface area contributed by atoms with Crippen LogP contribution < -0.4 is 20.3 Å². The molecule has 3 amide bonds. The lowest BCUT2D eigenvalue weighted by atomic mass is 10.1. The molecular formula is C21H23N3O4. The van der Waals surface area contributed by atoms with Gasteiger partial charge < -0.3 is 20.3 Å². The monoisotopic (exact) mass is 381 g/mol. The summed E-state index contributed by atoms with van der Waals surface area (Å²) in [7, 11) is 1.57. The topological polar surface area (TPSA) is 87.7 Å². The van der Waals surface area contributed by atoms with E-state index in [1.165, 1.54) is 0 Å². The molecule has 1 fully saturated rings. The Morgan fingerprint density at radius 2 is 1.79 bits per heavy atom. The van der Waals surface area contributed by atoms with Crippen molar-refractivity contribution < 1.29 is 19.1 Å².